The summed E-state index contributed by atoms with van der Waals surface area (Å²) in [5.41, 5.74) is 0. The Morgan fingerprint density at radius 1 is 1.50 bits per heavy atom. The van der Waals surface area contributed by atoms with Crippen molar-refractivity contribution < 1.29 is 14.0 Å². The monoisotopic (exact) mass is 314 g/mol. The maximum atomic E-state index is 12.1. The average molecular weight is 315 g/mol. The van der Waals surface area contributed by atoms with Gasteiger partial charge in [-0.1, -0.05) is 0 Å². The van der Waals surface area contributed by atoms with Crippen molar-refractivity contribution in [3.05, 3.63) is 22.6 Å². The van der Waals surface area contributed by atoms with Gasteiger partial charge in [-0.25, -0.2) is 0 Å². The van der Waals surface area contributed by atoms with Crippen LogP contribution >= 0.6 is 15.9 Å². The van der Waals surface area contributed by atoms with Crippen molar-refractivity contribution in [2.75, 3.05) is 13.1 Å². The molecule has 2 heterocycles. The Hall–Kier alpha value is -1.30. The standard InChI is InChI=1S/C12H15BrN2O3/c1-8(16)14-9-3-2-6-15(7-9)12(17)10-4-5-11(13)18-10/h4-5,9H,2-3,6-7H2,1H3,(H,14,16). The van der Waals surface area contributed by atoms with E-state index in [-0.39, 0.29) is 17.9 Å². The Morgan fingerprint density at radius 2 is 2.28 bits per heavy atom. The summed E-state index contributed by atoms with van der Waals surface area (Å²) in [4.78, 5) is 24.9. The van der Waals surface area contributed by atoms with Crippen molar-refractivity contribution in [3.8, 4) is 0 Å². The smallest absolute Gasteiger partial charge is 0.289 e. The number of carbonyl (C=O) groups excluding carboxylic acids is 2. The van der Waals surface area contributed by atoms with Crippen LogP contribution in [0.25, 0.3) is 0 Å². The fraction of sp³-hybridized carbons (Fsp3) is 0.500. The molecule has 1 aromatic rings. The van der Waals surface area contributed by atoms with Crippen LogP contribution in [0.3, 0.4) is 0 Å². The Balaban J connectivity index is 2.00. The van der Waals surface area contributed by atoms with E-state index >= 15 is 0 Å². The fourth-order valence-corrected chi connectivity index (χ4v) is 2.46. The Kier molecular flexibility index (Phi) is 4.06. The molecule has 1 N–H and O–H groups in total. The van der Waals surface area contributed by atoms with E-state index in [2.05, 4.69) is 21.2 Å². The highest BCUT2D eigenvalue weighted by molar-refractivity contribution is 9.10. The molecule has 98 valence electrons. The highest BCUT2D eigenvalue weighted by atomic mass is 79.9. The van der Waals surface area contributed by atoms with Gasteiger partial charge in [0.2, 0.25) is 5.91 Å². The normalized spacial score (nSPS) is 19.7. The molecular weight excluding hydrogens is 300 g/mol. The van der Waals surface area contributed by atoms with Crippen LogP contribution in [0.15, 0.2) is 21.2 Å². The summed E-state index contributed by atoms with van der Waals surface area (Å²) in [6, 6.07) is 3.38. The van der Waals surface area contributed by atoms with Gasteiger partial charge in [0.1, 0.15) is 0 Å². The molecule has 0 saturated carbocycles. The molecule has 0 aliphatic carbocycles. The second kappa shape index (κ2) is 5.56. The minimum atomic E-state index is -0.129. The van der Waals surface area contributed by atoms with E-state index in [1.807, 2.05) is 0 Å². The summed E-state index contributed by atoms with van der Waals surface area (Å²) < 4.78 is 5.80. The second-order valence-corrected chi connectivity index (χ2v) is 5.18. The number of hydrogen-bond donors (Lipinski definition) is 1. The van der Waals surface area contributed by atoms with Crippen LogP contribution in [0, 0.1) is 0 Å². The van der Waals surface area contributed by atoms with E-state index < -0.39 is 0 Å². The molecule has 0 aromatic carbocycles. The SMILES string of the molecule is CC(=O)NC1CCCN(C(=O)c2ccc(Br)o2)C1. The largest absolute Gasteiger partial charge is 0.444 e. The van der Waals surface area contributed by atoms with Crippen molar-refractivity contribution in [1.29, 1.82) is 0 Å². The molecule has 1 fully saturated rings. The lowest BCUT2D eigenvalue weighted by Gasteiger charge is -2.32. The molecule has 0 spiro atoms. The van der Waals surface area contributed by atoms with Crippen LogP contribution in [0.2, 0.25) is 0 Å². The van der Waals surface area contributed by atoms with Gasteiger partial charge in [0.15, 0.2) is 10.4 Å². The second-order valence-electron chi connectivity index (χ2n) is 4.39. The summed E-state index contributed by atoms with van der Waals surface area (Å²) in [6.45, 7) is 2.73. The number of furan rings is 1. The summed E-state index contributed by atoms with van der Waals surface area (Å²) >= 11 is 3.17. The van der Waals surface area contributed by atoms with Gasteiger partial charge >= 0.3 is 0 Å². The van der Waals surface area contributed by atoms with Crippen molar-refractivity contribution in [2.24, 2.45) is 0 Å². The molecule has 0 radical (unpaired) electrons. The number of rotatable bonds is 2. The number of likely N-dealkylation sites (tertiary alicyclic amines) is 1. The van der Waals surface area contributed by atoms with Crippen molar-refractivity contribution >= 4 is 27.7 Å². The van der Waals surface area contributed by atoms with Crippen LogP contribution in [0.1, 0.15) is 30.3 Å². The first kappa shape index (κ1) is 13.1. The fourth-order valence-electron chi connectivity index (χ4n) is 2.15. The lowest BCUT2D eigenvalue weighted by molar-refractivity contribution is -0.120. The van der Waals surface area contributed by atoms with Gasteiger partial charge in [0.05, 0.1) is 0 Å². The summed E-state index contributed by atoms with van der Waals surface area (Å²) in [5.74, 6) is 0.135. The Bertz CT molecular complexity index is 458. The van der Waals surface area contributed by atoms with Crippen molar-refractivity contribution in [3.63, 3.8) is 0 Å². The number of hydrogen-bond acceptors (Lipinski definition) is 3. The zero-order chi connectivity index (χ0) is 13.1. The molecular formula is C12H15BrN2O3. The Labute approximate surface area is 114 Å². The third-order valence-corrected chi connectivity index (χ3v) is 3.33. The number of halogens is 1. The van der Waals surface area contributed by atoms with Gasteiger partial charge < -0.3 is 14.6 Å². The van der Waals surface area contributed by atoms with Crippen LogP contribution in [-0.4, -0.2) is 35.8 Å². The predicted octanol–water partition coefficient (Wildman–Crippen LogP) is 1.78. The number of piperidine rings is 1. The molecule has 0 bridgehead atoms. The van der Waals surface area contributed by atoms with E-state index in [4.69, 9.17) is 4.42 Å². The maximum absolute atomic E-state index is 12.1. The van der Waals surface area contributed by atoms with E-state index in [0.29, 0.717) is 23.5 Å². The van der Waals surface area contributed by atoms with Gasteiger partial charge in [0, 0.05) is 26.1 Å². The Morgan fingerprint density at radius 3 is 2.89 bits per heavy atom. The summed E-state index contributed by atoms with van der Waals surface area (Å²) in [5, 5.41) is 2.85. The van der Waals surface area contributed by atoms with Gasteiger partial charge in [-0.05, 0) is 40.9 Å². The number of nitrogens with one attached hydrogen (secondary N) is 1. The van der Waals surface area contributed by atoms with E-state index in [0.717, 1.165) is 12.8 Å². The zero-order valence-electron chi connectivity index (χ0n) is 10.1. The van der Waals surface area contributed by atoms with E-state index in [1.165, 1.54) is 6.92 Å². The molecule has 5 nitrogen and oxygen atoms in total. The number of amides is 2. The molecule has 6 heteroatoms. The summed E-state index contributed by atoms with van der Waals surface area (Å²) in [7, 11) is 0. The average Bonchev–Trinajstić information content (AvgIpc) is 2.74. The van der Waals surface area contributed by atoms with Crippen LogP contribution < -0.4 is 5.32 Å². The highest BCUT2D eigenvalue weighted by Gasteiger charge is 2.26. The molecule has 1 saturated heterocycles. The first-order valence-electron chi connectivity index (χ1n) is 5.88. The lowest BCUT2D eigenvalue weighted by atomic mass is 10.1. The molecule has 1 aliphatic rings. The van der Waals surface area contributed by atoms with Gasteiger partial charge in [0.25, 0.3) is 5.91 Å². The van der Waals surface area contributed by atoms with Crippen molar-refractivity contribution in [2.45, 2.75) is 25.8 Å². The first-order valence-corrected chi connectivity index (χ1v) is 6.67. The highest BCUT2D eigenvalue weighted by Crippen LogP contribution is 2.18. The molecule has 18 heavy (non-hydrogen) atoms. The zero-order valence-corrected chi connectivity index (χ0v) is 11.7. The third kappa shape index (κ3) is 3.13. The molecule has 1 aromatic heterocycles. The molecule has 1 unspecified atom stereocenters. The quantitative estimate of drug-likeness (QED) is 0.905. The minimum Gasteiger partial charge on any atom is -0.444 e. The van der Waals surface area contributed by atoms with Crippen LogP contribution in [0.4, 0.5) is 0 Å². The molecule has 1 aliphatic heterocycles. The third-order valence-electron chi connectivity index (χ3n) is 2.90. The lowest BCUT2D eigenvalue weighted by Crippen LogP contribution is -2.49. The number of carbonyl (C=O) groups is 2. The molecule has 1 atom stereocenters. The van der Waals surface area contributed by atoms with Gasteiger partial charge in [-0.2, -0.15) is 0 Å². The van der Waals surface area contributed by atoms with E-state index in [1.54, 1.807) is 17.0 Å². The first-order chi connectivity index (χ1) is 8.56. The van der Waals surface area contributed by atoms with Gasteiger partial charge in [-0.15, -0.1) is 0 Å². The minimum absolute atomic E-state index is 0.0404. The van der Waals surface area contributed by atoms with Crippen LogP contribution in [0.5, 0.6) is 0 Å². The molecule has 2 rings (SSSR count). The predicted molar refractivity (Wildman–Crippen MR) is 69.2 cm³/mol. The summed E-state index contributed by atoms with van der Waals surface area (Å²) in [6.07, 6.45) is 1.80. The van der Waals surface area contributed by atoms with E-state index in [9.17, 15) is 9.59 Å². The number of nitrogens with zero attached hydrogens (tertiary/aromatic N) is 1. The maximum Gasteiger partial charge on any atom is 0.289 e. The van der Waals surface area contributed by atoms with Crippen LogP contribution in [-0.2, 0) is 4.79 Å². The topological polar surface area (TPSA) is 62.6 Å². The molecule has 2 amide bonds. The van der Waals surface area contributed by atoms with Gasteiger partial charge in [-0.3, -0.25) is 9.59 Å². The van der Waals surface area contributed by atoms with Crippen molar-refractivity contribution in [1.82, 2.24) is 10.2 Å².